The van der Waals surface area contributed by atoms with Crippen LogP contribution >= 0.6 is 32.9 Å². The highest BCUT2D eigenvalue weighted by molar-refractivity contribution is 7.80. The lowest BCUT2D eigenvalue weighted by Gasteiger charge is -2.42. The van der Waals surface area contributed by atoms with Gasteiger partial charge in [0.2, 0.25) is 0 Å². The van der Waals surface area contributed by atoms with Crippen molar-refractivity contribution < 1.29 is 18.0 Å². The Morgan fingerprint density at radius 3 is 2.50 bits per heavy atom. The second-order valence-corrected chi connectivity index (χ2v) is 8.19. The normalized spacial score (nSPS) is 16.1. The Morgan fingerprint density at radius 1 is 1.23 bits per heavy atom. The number of fused-ring (bicyclic) bond motifs is 3. The average Bonchev–Trinajstić information content (AvgIpc) is 2.81. The van der Waals surface area contributed by atoms with Crippen LogP contribution in [0.2, 0.25) is 0 Å². The van der Waals surface area contributed by atoms with E-state index in [9.17, 15) is 18.0 Å². The summed E-state index contributed by atoms with van der Waals surface area (Å²) in [6.45, 7) is 3.23. The van der Waals surface area contributed by atoms with Gasteiger partial charge in [0, 0.05) is 11.1 Å². The molecule has 0 saturated carbocycles. The summed E-state index contributed by atoms with van der Waals surface area (Å²) in [5.41, 5.74) is 0.502. The van der Waals surface area contributed by atoms with E-state index in [-0.39, 0.29) is 5.69 Å². The zero-order valence-electron chi connectivity index (χ0n) is 11.5. The lowest BCUT2D eigenvalue weighted by atomic mass is 9.87. The number of hydrogen-bond acceptors (Lipinski definition) is 4. The fourth-order valence-corrected chi connectivity index (χ4v) is 5.95. The van der Waals surface area contributed by atoms with Crippen molar-refractivity contribution in [3.63, 3.8) is 0 Å². The molecule has 2 heterocycles. The minimum absolute atomic E-state index is 0.249. The predicted octanol–water partition coefficient (Wildman–Crippen LogP) is 5.35. The fraction of sp³-hybridized carbons (Fsp3) is 0.286. The van der Waals surface area contributed by atoms with E-state index in [1.54, 1.807) is 32.0 Å². The maximum Gasteiger partial charge on any atom is 0.471 e. The van der Waals surface area contributed by atoms with E-state index in [1.807, 2.05) is 0 Å². The predicted molar refractivity (Wildman–Crippen MR) is 85.0 cm³/mol. The molecule has 0 saturated heterocycles. The molecule has 0 bridgehead atoms. The zero-order valence-corrected chi connectivity index (χ0v) is 14.0. The number of rotatable bonds is 0. The molecule has 0 N–H and O–H groups in total. The highest BCUT2D eigenvalue weighted by atomic mass is 32.9. The minimum Gasteiger partial charge on any atom is -0.293 e. The first-order valence-corrected chi connectivity index (χ1v) is 8.86. The molecule has 0 spiro atoms. The number of anilines is 1. The largest absolute Gasteiger partial charge is 0.471 e. The van der Waals surface area contributed by atoms with Gasteiger partial charge in [0.15, 0.2) is 0 Å². The van der Waals surface area contributed by atoms with E-state index in [2.05, 4.69) is 0 Å². The summed E-state index contributed by atoms with van der Waals surface area (Å²) in [6, 6.07) is 6.58. The molecule has 0 unspecified atom stereocenters. The number of carbonyl (C=O) groups excluding carboxylic acids is 1. The fourth-order valence-electron chi connectivity index (χ4n) is 2.67. The molecule has 0 atom stereocenters. The highest BCUT2D eigenvalue weighted by Gasteiger charge is 2.51. The van der Waals surface area contributed by atoms with E-state index < -0.39 is 17.6 Å². The summed E-state index contributed by atoms with van der Waals surface area (Å²) in [4.78, 5) is 13.5. The molecule has 8 heteroatoms. The first-order valence-electron chi connectivity index (χ1n) is 6.30. The Labute approximate surface area is 137 Å². The number of alkyl halides is 3. The van der Waals surface area contributed by atoms with Gasteiger partial charge >= 0.3 is 12.1 Å². The number of amides is 1. The number of nitrogens with zero attached hydrogens (tertiary/aromatic N) is 1. The van der Waals surface area contributed by atoms with E-state index in [0.29, 0.717) is 14.3 Å². The Hall–Kier alpha value is -1.25. The molecule has 1 aliphatic heterocycles. The van der Waals surface area contributed by atoms with Crippen molar-refractivity contribution in [1.29, 1.82) is 0 Å². The highest BCUT2D eigenvalue weighted by Crippen LogP contribution is 2.52. The van der Waals surface area contributed by atoms with Crippen molar-refractivity contribution in [3.05, 3.63) is 33.0 Å². The molecule has 0 aliphatic carbocycles. The van der Waals surface area contributed by atoms with Gasteiger partial charge in [-0.05, 0) is 19.9 Å². The van der Waals surface area contributed by atoms with Crippen LogP contribution < -0.4 is 4.90 Å². The molecular formula is C14H10F3NOS3. The Kier molecular flexibility index (Phi) is 3.46. The van der Waals surface area contributed by atoms with Crippen molar-refractivity contribution in [2.24, 2.45) is 0 Å². The maximum absolute atomic E-state index is 13.0. The van der Waals surface area contributed by atoms with Crippen molar-refractivity contribution in [2.45, 2.75) is 25.6 Å². The summed E-state index contributed by atoms with van der Waals surface area (Å²) in [5.74, 6) is -1.86. The molecule has 2 nitrogen and oxygen atoms in total. The van der Waals surface area contributed by atoms with Gasteiger partial charge in [-0.3, -0.25) is 9.69 Å². The third kappa shape index (κ3) is 2.12. The van der Waals surface area contributed by atoms with Gasteiger partial charge in [-0.1, -0.05) is 51.1 Å². The number of hydrogen-bond donors (Lipinski definition) is 0. The van der Waals surface area contributed by atoms with Crippen LogP contribution in [0.3, 0.4) is 0 Å². The van der Waals surface area contributed by atoms with Crippen LogP contribution in [0.25, 0.3) is 11.1 Å². The van der Waals surface area contributed by atoms with Gasteiger partial charge in [0.1, 0.15) is 3.82 Å². The molecule has 0 fully saturated rings. The first-order chi connectivity index (χ1) is 10.2. The van der Waals surface area contributed by atoms with Gasteiger partial charge in [-0.25, -0.2) is 0 Å². The third-order valence-electron chi connectivity index (χ3n) is 3.61. The standard InChI is InChI=1S/C14H10F3NOS3/c1-13(2)10-9(11(20)22-21-10)7-5-3-4-6-8(7)18(13)12(19)14(15,16)17/h3-6H,1-2H3. The number of para-hydroxylation sites is 1. The molecule has 3 rings (SSSR count). The van der Waals surface area contributed by atoms with E-state index in [1.165, 1.54) is 26.7 Å². The van der Waals surface area contributed by atoms with Gasteiger partial charge in [-0.15, -0.1) is 0 Å². The maximum atomic E-state index is 13.0. The molecule has 1 aromatic carbocycles. The summed E-state index contributed by atoms with van der Waals surface area (Å²) < 4.78 is 39.8. The van der Waals surface area contributed by atoms with Crippen LogP contribution in [-0.4, -0.2) is 12.1 Å². The van der Waals surface area contributed by atoms with E-state index >= 15 is 0 Å². The number of benzene rings is 1. The Bertz CT molecular complexity index is 819. The van der Waals surface area contributed by atoms with Crippen LogP contribution in [0.5, 0.6) is 0 Å². The van der Waals surface area contributed by atoms with Crippen LogP contribution in [-0.2, 0) is 10.3 Å². The summed E-state index contributed by atoms with van der Waals surface area (Å²) >= 11 is 5.33. The monoisotopic (exact) mass is 361 g/mol. The minimum atomic E-state index is -4.93. The molecule has 1 aromatic heterocycles. The third-order valence-corrected chi connectivity index (χ3v) is 6.94. The quantitative estimate of drug-likeness (QED) is 0.466. The van der Waals surface area contributed by atoms with Crippen LogP contribution in [0.1, 0.15) is 18.7 Å². The molecule has 1 aliphatic rings. The molecule has 22 heavy (non-hydrogen) atoms. The SMILES string of the molecule is CC1(C)c2ssc(=S)c2-c2ccccc2N1C(=O)C(F)(F)F. The van der Waals surface area contributed by atoms with Gasteiger partial charge in [0.25, 0.3) is 0 Å². The van der Waals surface area contributed by atoms with E-state index in [4.69, 9.17) is 12.2 Å². The molecule has 0 radical (unpaired) electrons. The van der Waals surface area contributed by atoms with Crippen LogP contribution in [0.15, 0.2) is 24.3 Å². The van der Waals surface area contributed by atoms with Crippen molar-refractivity contribution in [3.8, 4) is 11.1 Å². The number of carbonyl (C=O) groups is 1. The summed E-state index contributed by atoms with van der Waals surface area (Å²) in [6.07, 6.45) is -4.93. The van der Waals surface area contributed by atoms with Crippen molar-refractivity contribution in [2.75, 3.05) is 4.90 Å². The van der Waals surface area contributed by atoms with Crippen molar-refractivity contribution >= 4 is 44.5 Å². The second kappa shape index (κ2) is 4.87. The summed E-state index contributed by atoms with van der Waals surface area (Å²) in [7, 11) is 2.68. The van der Waals surface area contributed by atoms with E-state index in [0.717, 1.165) is 10.5 Å². The number of halogens is 3. The topological polar surface area (TPSA) is 20.3 Å². The van der Waals surface area contributed by atoms with Gasteiger partial charge in [-0.2, -0.15) is 13.2 Å². The van der Waals surface area contributed by atoms with Crippen LogP contribution in [0, 0.1) is 3.82 Å². The molecular weight excluding hydrogens is 351 g/mol. The second-order valence-electron chi connectivity index (χ2n) is 5.37. The first kappa shape index (κ1) is 15.6. The van der Waals surface area contributed by atoms with Gasteiger partial charge < -0.3 is 0 Å². The zero-order chi connectivity index (χ0) is 16.3. The van der Waals surface area contributed by atoms with Crippen molar-refractivity contribution in [1.82, 2.24) is 0 Å². The average molecular weight is 361 g/mol. The smallest absolute Gasteiger partial charge is 0.293 e. The Balaban J connectivity index is 2.34. The molecule has 1 amide bonds. The summed E-state index contributed by atoms with van der Waals surface area (Å²) in [5, 5.41) is 0. The lowest BCUT2D eigenvalue weighted by Crippen LogP contribution is -2.52. The van der Waals surface area contributed by atoms with Crippen LogP contribution in [0.4, 0.5) is 18.9 Å². The molecule has 2 aromatic rings. The molecule has 116 valence electrons. The Morgan fingerprint density at radius 2 is 1.86 bits per heavy atom. The van der Waals surface area contributed by atoms with Gasteiger partial charge in [0.05, 0.1) is 16.1 Å². The lowest BCUT2D eigenvalue weighted by molar-refractivity contribution is -0.171.